The zero-order chi connectivity index (χ0) is 18.6. The third kappa shape index (κ3) is 4.09. The standard InChI is InChI=1S/C17H25N5O3S/c18-15(23)14-10-13(22(24)25)11-19-16(14)20-12-17(4-2-1-3-5-17)21-6-8-26-9-7-21/h10-11H,1-9,12H2,(H2,18,23)(H,19,20). The molecule has 2 heterocycles. The highest BCUT2D eigenvalue weighted by Gasteiger charge is 2.38. The van der Waals surface area contributed by atoms with Crippen LogP contribution in [0.4, 0.5) is 11.5 Å². The van der Waals surface area contributed by atoms with E-state index in [1.807, 2.05) is 11.8 Å². The van der Waals surface area contributed by atoms with Gasteiger partial charge in [0.2, 0.25) is 0 Å². The van der Waals surface area contributed by atoms with Gasteiger partial charge >= 0.3 is 0 Å². The van der Waals surface area contributed by atoms with E-state index >= 15 is 0 Å². The summed E-state index contributed by atoms with van der Waals surface area (Å²) in [6.45, 7) is 2.81. The monoisotopic (exact) mass is 379 g/mol. The molecule has 1 saturated heterocycles. The molecule has 1 aliphatic heterocycles. The Labute approximate surface area is 157 Å². The van der Waals surface area contributed by atoms with Crippen molar-refractivity contribution >= 4 is 29.2 Å². The predicted octanol–water partition coefficient (Wildman–Crippen LogP) is 2.25. The van der Waals surface area contributed by atoms with Crippen molar-refractivity contribution in [3.63, 3.8) is 0 Å². The van der Waals surface area contributed by atoms with Gasteiger partial charge in [0.05, 0.1) is 10.5 Å². The number of anilines is 1. The van der Waals surface area contributed by atoms with Gasteiger partial charge in [-0.2, -0.15) is 11.8 Å². The number of nitrogens with two attached hydrogens (primary N) is 1. The molecule has 1 saturated carbocycles. The Kier molecular flexibility index (Phi) is 5.98. The second-order valence-corrected chi connectivity index (χ2v) is 8.17. The van der Waals surface area contributed by atoms with E-state index in [1.54, 1.807) is 0 Å². The first-order chi connectivity index (χ1) is 12.5. The Hall–Kier alpha value is -1.87. The third-order valence-electron chi connectivity index (χ3n) is 5.40. The number of carbonyl (C=O) groups is 1. The molecule has 0 unspecified atom stereocenters. The predicted molar refractivity (Wildman–Crippen MR) is 103 cm³/mol. The van der Waals surface area contributed by atoms with Gasteiger partial charge in [-0.05, 0) is 12.8 Å². The van der Waals surface area contributed by atoms with Crippen LogP contribution in [0, 0.1) is 10.1 Å². The Balaban J connectivity index is 1.80. The van der Waals surface area contributed by atoms with Gasteiger partial charge in [0, 0.05) is 42.7 Å². The molecule has 1 aromatic heterocycles. The lowest BCUT2D eigenvalue weighted by molar-refractivity contribution is -0.385. The highest BCUT2D eigenvalue weighted by atomic mass is 32.2. The van der Waals surface area contributed by atoms with Crippen molar-refractivity contribution in [3.05, 3.63) is 27.9 Å². The topological polar surface area (TPSA) is 114 Å². The second kappa shape index (κ2) is 8.22. The number of nitrogens with one attached hydrogen (secondary N) is 1. The average Bonchev–Trinajstić information content (AvgIpc) is 2.67. The summed E-state index contributed by atoms with van der Waals surface area (Å²) < 4.78 is 0. The molecule has 1 aliphatic carbocycles. The molecule has 2 fully saturated rings. The fourth-order valence-corrected chi connectivity index (χ4v) is 4.89. The van der Waals surface area contributed by atoms with Crippen molar-refractivity contribution < 1.29 is 9.72 Å². The fraction of sp³-hybridized carbons (Fsp3) is 0.647. The van der Waals surface area contributed by atoms with Crippen LogP contribution in [0.5, 0.6) is 0 Å². The number of hydrogen-bond acceptors (Lipinski definition) is 7. The van der Waals surface area contributed by atoms with Crippen molar-refractivity contribution in [1.82, 2.24) is 9.88 Å². The van der Waals surface area contributed by atoms with Crippen LogP contribution in [0.1, 0.15) is 42.5 Å². The molecule has 2 aliphatic rings. The minimum atomic E-state index is -0.712. The van der Waals surface area contributed by atoms with Gasteiger partial charge in [0.25, 0.3) is 11.6 Å². The molecule has 1 aromatic rings. The maximum Gasteiger partial charge on any atom is 0.288 e. The molecular formula is C17H25N5O3S. The number of primary amides is 1. The van der Waals surface area contributed by atoms with Gasteiger partial charge < -0.3 is 11.1 Å². The number of pyridine rings is 1. The van der Waals surface area contributed by atoms with Gasteiger partial charge in [0.15, 0.2) is 0 Å². The number of nitrogens with zero attached hydrogens (tertiary/aromatic N) is 3. The number of carbonyl (C=O) groups excluding carboxylic acids is 1. The lowest BCUT2D eigenvalue weighted by Crippen LogP contribution is -2.57. The minimum Gasteiger partial charge on any atom is -0.368 e. The van der Waals surface area contributed by atoms with E-state index in [0.717, 1.165) is 37.4 Å². The third-order valence-corrected chi connectivity index (χ3v) is 6.34. The highest BCUT2D eigenvalue weighted by molar-refractivity contribution is 7.99. The lowest BCUT2D eigenvalue weighted by Gasteiger charge is -2.48. The summed E-state index contributed by atoms with van der Waals surface area (Å²) in [6, 6.07) is 1.20. The van der Waals surface area contributed by atoms with Crippen LogP contribution in [0.3, 0.4) is 0 Å². The first kappa shape index (κ1) is 18.9. The summed E-state index contributed by atoms with van der Waals surface area (Å²) in [5, 5.41) is 14.2. The maximum absolute atomic E-state index is 11.7. The number of thioether (sulfide) groups is 1. The summed E-state index contributed by atoms with van der Waals surface area (Å²) in [5.74, 6) is 1.91. The van der Waals surface area contributed by atoms with Crippen LogP contribution in [-0.2, 0) is 0 Å². The molecule has 0 atom stereocenters. The lowest BCUT2D eigenvalue weighted by atomic mass is 9.80. The van der Waals surface area contributed by atoms with Crippen molar-refractivity contribution in [3.8, 4) is 0 Å². The quantitative estimate of drug-likeness (QED) is 0.575. The molecule has 1 amide bonds. The maximum atomic E-state index is 11.7. The van der Waals surface area contributed by atoms with Gasteiger partial charge in [0.1, 0.15) is 12.0 Å². The zero-order valence-electron chi connectivity index (χ0n) is 14.8. The summed E-state index contributed by atoms with van der Waals surface area (Å²) >= 11 is 1.99. The number of hydrogen-bond donors (Lipinski definition) is 2. The molecule has 3 N–H and O–H groups in total. The Morgan fingerprint density at radius 3 is 2.65 bits per heavy atom. The van der Waals surface area contributed by atoms with Crippen molar-refractivity contribution in [1.29, 1.82) is 0 Å². The molecule has 0 bridgehead atoms. The second-order valence-electron chi connectivity index (χ2n) is 6.95. The summed E-state index contributed by atoms with van der Waals surface area (Å²) in [7, 11) is 0. The molecular weight excluding hydrogens is 354 g/mol. The summed E-state index contributed by atoms with van der Waals surface area (Å²) in [5.41, 5.74) is 5.30. The molecule has 26 heavy (non-hydrogen) atoms. The Morgan fingerprint density at radius 1 is 1.35 bits per heavy atom. The van der Waals surface area contributed by atoms with Crippen molar-refractivity contribution in [2.75, 3.05) is 36.5 Å². The fourth-order valence-electron chi connectivity index (χ4n) is 3.98. The number of nitro groups is 1. The Bertz CT molecular complexity index is 672. The smallest absolute Gasteiger partial charge is 0.288 e. The molecule has 0 aromatic carbocycles. The van der Waals surface area contributed by atoms with Crippen LogP contribution in [-0.4, -0.2) is 57.4 Å². The van der Waals surface area contributed by atoms with Crippen LogP contribution < -0.4 is 11.1 Å². The molecule has 0 spiro atoms. The van der Waals surface area contributed by atoms with Gasteiger partial charge in [-0.1, -0.05) is 19.3 Å². The first-order valence-corrected chi connectivity index (χ1v) is 10.2. The molecule has 142 valence electrons. The molecule has 8 nitrogen and oxygen atoms in total. The van der Waals surface area contributed by atoms with Gasteiger partial charge in [-0.15, -0.1) is 0 Å². The summed E-state index contributed by atoms with van der Waals surface area (Å²) in [6.07, 6.45) is 7.04. The van der Waals surface area contributed by atoms with Crippen LogP contribution in [0.2, 0.25) is 0 Å². The zero-order valence-corrected chi connectivity index (χ0v) is 15.6. The summed E-state index contributed by atoms with van der Waals surface area (Å²) in [4.78, 5) is 28.8. The van der Waals surface area contributed by atoms with Gasteiger partial charge in [-0.25, -0.2) is 4.98 Å². The van der Waals surface area contributed by atoms with Crippen molar-refractivity contribution in [2.24, 2.45) is 5.73 Å². The van der Waals surface area contributed by atoms with Crippen LogP contribution >= 0.6 is 11.8 Å². The number of rotatable bonds is 6. The molecule has 3 rings (SSSR count). The van der Waals surface area contributed by atoms with E-state index in [1.165, 1.54) is 31.5 Å². The first-order valence-electron chi connectivity index (χ1n) is 9.03. The highest BCUT2D eigenvalue weighted by Crippen LogP contribution is 2.35. The van der Waals surface area contributed by atoms with E-state index < -0.39 is 10.8 Å². The van der Waals surface area contributed by atoms with E-state index in [2.05, 4.69) is 15.2 Å². The molecule has 0 radical (unpaired) electrons. The largest absolute Gasteiger partial charge is 0.368 e. The van der Waals surface area contributed by atoms with Crippen LogP contribution in [0.25, 0.3) is 0 Å². The SMILES string of the molecule is NC(=O)c1cc([N+](=O)[O-])cnc1NCC1(N2CCSCC2)CCCCC1. The molecule has 9 heteroatoms. The normalized spacial score (nSPS) is 20.5. The minimum absolute atomic E-state index is 0.0532. The van der Waals surface area contributed by atoms with E-state index in [-0.39, 0.29) is 16.8 Å². The van der Waals surface area contributed by atoms with Gasteiger partial charge in [-0.3, -0.25) is 19.8 Å². The van der Waals surface area contributed by atoms with E-state index in [0.29, 0.717) is 12.4 Å². The Morgan fingerprint density at radius 2 is 2.04 bits per heavy atom. The van der Waals surface area contributed by atoms with E-state index in [4.69, 9.17) is 5.73 Å². The number of aromatic nitrogens is 1. The van der Waals surface area contributed by atoms with E-state index in [9.17, 15) is 14.9 Å². The number of amides is 1. The van der Waals surface area contributed by atoms with Crippen LogP contribution in [0.15, 0.2) is 12.3 Å². The average molecular weight is 379 g/mol. The van der Waals surface area contributed by atoms with Crippen molar-refractivity contribution in [2.45, 2.75) is 37.6 Å².